The van der Waals surface area contributed by atoms with E-state index in [0.717, 1.165) is 37.1 Å². The van der Waals surface area contributed by atoms with Crippen LogP contribution in [0.25, 0.3) is 0 Å². The molecule has 1 saturated carbocycles. The van der Waals surface area contributed by atoms with Gasteiger partial charge < -0.3 is 10.4 Å². The second-order valence-electron chi connectivity index (χ2n) is 7.65. The summed E-state index contributed by atoms with van der Waals surface area (Å²) in [4.78, 5) is 8.97. The number of rotatable bonds is 4. The molecular formula is C17H29N3O. The maximum absolute atomic E-state index is 10.7. The van der Waals surface area contributed by atoms with Crippen molar-refractivity contribution in [3.05, 3.63) is 17.5 Å². The molecule has 4 heteroatoms. The maximum atomic E-state index is 10.7. The predicted octanol–water partition coefficient (Wildman–Crippen LogP) is 3.65. The van der Waals surface area contributed by atoms with Crippen molar-refractivity contribution >= 4 is 5.95 Å². The molecule has 4 nitrogen and oxygen atoms in total. The highest BCUT2D eigenvalue weighted by Crippen LogP contribution is 2.40. The molecule has 0 spiro atoms. The van der Waals surface area contributed by atoms with E-state index in [2.05, 4.69) is 43.0 Å². The molecule has 0 bridgehead atoms. The van der Waals surface area contributed by atoms with Crippen molar-refractivity contribution in [2.75, 3.05) is 11.9 Å². The molecule has 0 atom stereocenters. The second-order valence-corrected chi connectivity index (χ2v) is 7.65. The fourth-order valence-electron chi connectivity index (χ4n) is 2.78. The number of aryl methyl sites for hydroxylation is 1. The summed E-state index contributed by atoms with van der Waals surface area (Å²) in [5, 5.41) is 13.9. The minimum Gasteiger partial charge on any atom is -0.388 e. The summed E-state index contributed by atoms with van der Waals surface area (Å²) in [6, 6.07) is 2.02. The molecule has 0 amide bonds. The Morgan fingerprint density at radius 3 is 2.38 bits per heavy atom. The van der Waals surface area contributed by atoms with Crippen molar-refractivity contribution in [1.29, 1.82) is 0 Å². The quantitative estimate of drug-likeness (QED) is 0.889. The van der Waals surface area contributed by atoms with E-state index in [4.69, 9.17) is 0 Å². The average molecular weight is 291 g/mol. The summed E-state index contributed by atoms with van der Waals surface area (Å²) in [7, 11) is 0. The van der Waals surface area contributed by atoms with Crippen molar-refractivity contribution in [1.82, 2.24) is 9.97 Å². The molecule has 2 N–H and O–H groups in total. The topological polar surface area (TPSA) is 58.0 Å². The molecule has 21 heavy (non-hydrogen) atoms. The normalized spacial score (nSPS) is 20.5. The molecule has 1 aromatic rings. The first-order chi connectivity index (χ1) is 9.69. The summed E-state index contributed by atoms with van der Waals surface area (Å²) in [5.74, 6) is 1.02. The van der Waals surface area contributed by atoms with Crippen LogP contribution >= 0.6 is 0 Å². The fraction of sp³-hybridized carbons (Fsp3) is 0.765. The van der Waals surface area contributed by atoms with Gasteiger partial charge in [-0.1, -0.05) is 27.7 Å². The van der Waals surface area contributed by atoms with Crippen LogP contribution in [0.3, 0.4) is 0 Å². The maximum Gasteiger partial charge on any atom is 0.223 e. The van der Waals surface area contributed by atoms with Crippen LogP contribution in [0.1, 0.15) is 70.7 Å². The fourth-order valence-corrected chi connectivity index (χ4v) is 2.78. The van der Waals surface area contributed by atoms with Crippen LogP contribution in [-0.2, 0) is 0 Å². The zero-order valence-corrected chi connectivity index (χ0v) is 14.0. The minimum atomic E-state index is -0.624. The lowest BCUT2D eigenvalue weighted by atomic mass is 9.71. The Balaban J connectivity index is 2.00. The van der Waals surface area contributed by atoms with Crippen LogP contribution in [0.4, 0.5) is 5.95 Å². The smallest absolute Gasteiger partial charge is 0.223 e. The Kier molecular flexibility index (Phi) is 4.57. The molecular weight excluding hydrogens is 262 g/mol. The molecule has 0 aromatic carbocycles. The molecule has 1 aliphatic carbocycles. The third-order valence-corrected chi connectivity index (χ3v) is 4.58. The van der Waals surface area contributed by atoms with Crippen LogP contribution in [0.5, 0.6) is 0 Å². The molecule has 1 aliphatic rings. The van der Waals surface area contributed by atoms with Gasteiger partial charge in [-0.3, -0.25) is 0 Å². The number of nitrogens with one attached hydrogen (secondary N) is 1. The van der Waals surface area contributed by atoms with Crippen molar-refractivity contribution in [2.45, 2.75) is 71.8 Å². The molecule has 0 radical (unpaired) electrons. The first kappa shape index (κ1) is 16.2. The van der Waals surface area contributed by atoms with Gasteiger partial charge in [0.1, 0.15) is 0 Å². The third-order valence-electron chi connectivity index (χ3n) is 4.58. The van der Waals surface area contributed by atoms with Crippen LogP contribution < -0.4 is 5.32 Å². The summed E-state index contributed by atoms with van der Waals surface area (Å²) < 4.78 is 0. The molecule has 0 aliphatic heterocycles. The van der Waals surface area contributed by atoms with Crippen molar-refractivity contribution in [3.63, 3.8) is 0 Å². The SMILES string of the molecule is Cc1cc(C(C)C)nc(NCC2(O)CCC(C)(C)CC2)n1. The lowest BCUT2D eigenvalue weighted by Crippen LogP contribution is -2.42. The van der Waals surface area contributed by atoms with E-state index in [1.54, 1.807) is 0 Å². The Morgan fingerprint density at radius 1 is 1.19 bits per heavy atom. The molecule has 2 rings (SSSR count). The van der Waals surface area contributed by atoms with Crippen molar-refractivity contribution < 1.29 is 5.11 Å². The summed E-state index contributed by atoms with van der Waals surface area (Å²) in [6.07, 6.45) is 3.82. The molecule has 1 fully saturated rings. The summed E-state index contributed by atoms with van der Waals surface area (Å²) in [6.45, 7) is 11.3. The molecule has 0 saturated heterocycles. The van der Waals surface area contributed by atoms with E-state index in [-0.39, 0.29) is 0 Å². The Bertz CT molecular complexity index is 487. The minimum absolute atomic E-state index is 0.358. The van der Waals surface area contributed by atoms with Crippen LogP contribution in [-0.4, -0.2) is 27.2 Å². The summed E-state index contributed by atoms with van der Waals surface area (Å²) in [5.41, 5.74) is 1.74. The van der Waals surface area contributed by atoms with E-state index < -0.39 is 5.60 Å². The number of hydrogen-bond acceptors (Lipinski definition) is 4. The van der Waals surface area contributed by atoms with E-state index in [9.17, 15) is 5.11 Å². The van der Waals surface area contributed by atoms with Gasteiger partial charge in [-0.15, -0.1) is 0 Å². The highest BCUT2D eigenvalue weighted by molar-refractivity contribution is 5.29. The van der Waals surface area contributed by atoms with Gasteiger partial charge in [0.15, 0.2) is 0 Å². The number of aromatic nitrogens is 2. The molecule has 0 unspecified atom stereocenters. The average Bonchev–Trinajstić information content (AvgIpc) is 2.40. The number of nitrogens with zero attached hydrogens (tertiary/aromatic N) is 2. The van der Waals surface area contributed by atoms with E-state index >= 15 is 0 Å². The summed E-state index contributed by atoms with van der Waals surface area (Å²) >= 11 is 0. The predicted molar refractivity (Wildman–Crippen MR) is 86.5 cm³/mol. The van der Waals surface area contributed by atoms with Gasteiger partial charge in [0.2, 0.25) is 5.95 Å². The van der Waals surface area contributed by atoms with E-state index in [1.807, 2.05) is 13.0 Å². The molecule has 1 heterocycles. The monoisotopic (exact) mass is 291 g/mol. The Labute approximate surface area is 128 Å². The zero-order valence-electron chi connectivity index (χ0n) is 14.0. The van der Waals surface area contributed by atoms with Crippen molar-refractivity contribution in [2.24, 2.45) is 5.41 Å². The second kappa shape index (κ2) is 5.91. The van der Waals surface area contributed by atoms with Gasteiger partial charge in [0, 0.05) is 17.9 Å². The van der Waals surface area contributed by atoms with Gasteiger partial charge in [0.05, 0.1) is 5.60 Å². The van der Waals surface area contributed by atoms with Gasteiger partial charge in [-0.2, -0.15) is 0 Å². The van der Waals surface area contributed by atoms with Crippen LogP contribution in [0.2, 0.25) is 0 Å². The largest absolute Gasteiger partial charge is 0.388 e. The third kappa shape index (κ3) is 4.40. The van der Waals surface area contributed by atoms with Gasteiger partial charge in [-0.05, 0) is 50.0 Å². The first-order valence-corrected chi connectivity index (χ1v) is 8.01. The first-order valence-electron chi connectivity index (χ1n) is 8.01. The zero-order chi connectivity index (χ0) is 15.7. The lowest BCUT2D eigenvalue weighted by Gasteiger charge is -2.40. The van der Waals surface area contributed by atoms with E-state index in [0.29, 0.717) is 23.8 Å². The number of anilines is 1. The van der Waals surface area contributed by atoms with Crippen LogP contribution in [0, 0.1) is 12.3 Å². The van der Waals surface area contributed by atoms with Crippen molar-refractivity contribution in [3.8, 4) is 0 Å². The number of aliphatic hydroxyl groups is 1. The lowest BCUT2D eigenvalue weighted by molar-refractivity contribution is -0.0146. The van der Waals surface area contributed by atoms with Gasteiger partial charge >= 0.3 is 0 Å². The van der Waals surface area contributed by atoms with Gasteiger partial charge in [-0.25, -0.2) is 9.97 Å². The van der Waals surface area contributed by atoms with Gasteiger partial charge in [0.25, 0.3) is 0 Å². The molecule has 1 aromatic heterocycles. The molecule has 118 valence electrons. The highest BCUT2D eigenvalue weighted by atomic mass is 16.3. The Hall–Kier alpha value is -1.16. The standard InChI is InChI=1S/C17H29N3O/c1-12(2)14-10-13(3)19-15(20-14)18-11-17(21)8-6-16(4,5)7-9-17/h10,12,21H,6-9,11H2,1-5H3,(H,18,19,20). The Morgan fingerprint density at radius 2 is 1.81 bits per heavy atom. The number of hydrogen-bond donors (Lipinski definition) is 2. The van der Waals surface area contributed by atoms with Crippen LogP contribution in [0.15, 0.2) is 6.07 Å². The highest BCUT2D eigenvalue weighted by Gasteiger charge is 2.36. The van der Waals surface area contributed by atoms with E-state index in [1.165, 1.54) is 0 Å².